The summed E-state index contributed by atoms with van der Waals surface area (Å²) in [5.74, 6) is 2.12. The van der Waals surface area contributed by atoms with Crippen molar-refractivity contribution in [3.8, 4) is 11.5 Å². The first kappa shape index (κ1) is 22.9. The molecular formula is C26H32N4O3. The summed E-state index contributed by atoms with van der Waals surface area (Å²) in [6, 6.07) is 15.7. The van der Waals surface area contributed by atoms with Gasteiger partial charge in [0.2, 0.25) is 0 Å². The normalized spacial score (nSPS) is 17.0. The molecule has 0 saturated carbocycles. The molecule has 0 saturated heterocycles. The molecule has 0 aromatic heterocycles. The molecule has 0 atom stereocenters. The average Bonchev–Trinajstić information content (AvgIpc) is 2.84. The molecule has 0 aliphatic carbocycles. The summed E-state index contributed by atoms with van der Waals surface area (Å²) in [7, 11) is 5.32. The third-order valence-corrected chi connectivity index (χ3v) is 6.29. The highest BCUT2D eigenvalue weighted by atomic mass is 16.5. The molecule has 2 aromatic carbocycles. The van der Waals surface area contributed by atoms with Gasteiger partial charge in [0.05, 0.1) is 25.6 Å². The van der Waals surface area contributed by atoms with Crippen LogP contribution in [0, 0.1) is 0 Å². The Labute approximate surface area is 196 Å². The van der Waals surface area contributed by atoms with Crippen LogP contribution >= 0.6 is 0 Å². The number of ether oxygens (including phenoxy) is 2. The zero-order chi connectivity index (χ0) is 23.5. The van der Waals surface area contributed by atoms with E-state index in [0.29, 0.717) is 18.8 Å². The van der Waals surface area contributed by atoms with Crippen molar-refractivity contribution in [3.63, 3.8) is 0 Å². The Hall–Kier alpha value is -3.29. The van der Waals surface area contributed by atoms with Crippen LogP contribution in [0.25, 0.3) is 0 Å². The standard InChI is InChI=1S/C26H32N4O3/c1-6-27(3)30-19(2)29(21-10-8-7-9-11-21)26(31)22-14-15-28(18-23(22)30)17-20-12-13-24(32-4)25(16-20)33-5/h7-13,16H,2,6,14-15,17-18H2,1,3-5H3. The number of hydrazine groups is 1. The van der Waals surface area contributed by atoms with E-state index < -0.39 is 0 Å². The molecule has 2 aliphatic heterocycles. The van der Waals surface area contributed by atoms with Crippen molar-refractivity contribution >= 4 is 11.6 Å². The Balaban J connectivity index is 1.63. The molecular weight excluding hydrogens is 416 g/mol. The van der Waals surface area contributed by atoms with Gasteiger partial charge in [-0.05, 0) is 36.2 Å². The first-order valence-electron chi connectivity index (χ1n) is 11.2. The number of carbonyl (C=O) groups excluding carboxylic acids is 1. The van der Waals surface area contributed by atoms with Crippen LogP contribution in [0.1, 0.15) is 18.9 Å². The quantitative estimate of drug-likeness (QED) is 0.641. The van der Waals surface area contributed by atoms with Crippen molar-refractivity contribution in [1.29, 1.82) is 0 Å². The van der Waals surface area contributed by atoms with Crippen LogP contribution in [-0.2, 0) is 11.3 Å². The molecule has 174 valence electrons. The predicted molar refractivity (Wildman–Crippen MR) is 130 cm³/mol. The molecule has 0 bridgehead atoms. The monoisotopic (exact) mass is 448 g/mol. The van der Waals surface area contributed by atoms with E-state index in [0.717, 1.165) is 53.7 Å². The minimum Gasteiger partial charge on any atom is -0.493 e. The lowest BCUT2D eigenvalue weighted by molar-refractivity contribution is -0.117. The molecule has 2 aliphatic rings. The number of carbonyl (C=O) groups is 1. The van der Waals surface area contributed by atoms with Gasteiger partial charge in [-0.15, -0.1) is 0 Å². The van der Waals surface area contributed by atoms with Crippen molar-refractivity contribution in [2.45, 2.75) is 19.9 Å². The van der Waals surface area contributed by atoms with E-state index in [4.69, 9.17) is 9.47 Å². The Bertz CT molecular complexity index is 1070. The van der Waals surface area contributed by atoms with E-state index in [9.17, 15) is 4.79 Å². The summed E-state index contributed by atoms with van der Waals surface area (Å²) in [5, 5.41) is 4.21. The number of hydrogen-bond donors (Lipinski definition) is 0. The molecule has 4 rings (SSSR count). The number of hydrogen-bond acceptors (Lipinski definition) is 6. The van der Waals surface area contributed by atoms with E-state index in [-0.39, 0.29) is 5.91 Å². The summed E-state index contributed by atoms with van der Waals surface area (Å²) in [4.78, 5) is 17.6. The maximum atomic E-state index is 13.6. The lowest BCUT2D eigenvalue weighted by atomic mass is 9.99. The maximum absolute atomic E-state index is 13.6. The third-order valence-electron chi connectivity index (χ3n) is 6.29. The van der Waals surface area contributed by atoms with Gasteiger partial charge in [-0.2, -0.15) is 0 Å². The number of nitrogens with zero attached hydrogens (tertiary/aromatic N) is 4. The highest BCUT2D eigenvalue weighted by Gasteiger charge is 2.39. The molecule has 0 radical (unpaired) electrons. The van der Waals surface area contributed by atoms with Gasteiger partial charge in [0.15, 0.2) is 11.5 Å². The first-order chi connectivity index (χ1) is 16.0. The lowest BCUT2D eigenvalue weighted by Crippen LogP contribution is -2.54. The number of amides is 1. The highest BCUT2D eigenvalue weighted by molar-refractivity contribution is 6.09. The molecule has 0 N–H and O–H groups in total. The number of para-hydroxylation sites is 1. The second-order valence-corrected chi connectivity index (χ2v) is 8.25. The molecule has 0 fully saturated rings. The zero-order valence-corrected chi connectivity index (χ0v) is 19.9. The van der Waals surface area contributed by atoms with Crippen molar-refractivity contribution in [2.24, 2.45) is 0 Å². The molecule has 1 amide bonds. The number of methoxy groups -OCH3 is 2. The maximum Gasteiger partial charge on any atom is 0.261 e. The SMILES string of the molecule is C=C1N(c2ccccc2)C(=O)C2=C(CN(Cc3ccc(OC)c(OC)c3)CC2)N1N(C)CC. The smallest absolute Gasteiger partial charge is 0.261 e. The second-order valence-electron chi connectivity index (χ2n) is 8.25. The summed E-state index contributed by atoms with van der Waals surface area (Å²) < 4.78 is 10.8. The van der Waals surface area contributed by atoms with Gasteiger partial charge in [0, 0.05) is 38.8 Å². The fourth-order valence-electron chi connectivity index (χ4n) is 4.49. The predicted octanol–water partition coefficient (Wildman–Crippen LogP) is 3.85. The first-order valence-corrected chi connectivity index (χ1v) is 11.2. The van der Waals surface area contributed by atoms with Gasteiger partial charge in [-0.3, -0.25) is 19.6 Å². The van der Waals surface area contributed by atoms with Crippen molar-refractivity contribution in [2.75, 3.05) is 45.8 Å². The van der Waals surface area contributed by atoms with Crippen LogP contribution in [0.15, 0.2) is 72.2 Å². The van der Waals surface area contributed by atoms with Crippen LogP contribution in [0.4, 0.5) is 5.69 Å². The Morgan fingerprint density at radius 1 is 1.06 bits per heavy atom. The Morgan fingerprint density at radius 2 is 1.79 bits per heavy atom. The van der Waals surface area contributed by atoms with Gasteiger partial charge in [0.25, 0.3) is 5.91 Å². The van der Waals surface area contributed by atoms with Gasteiger partial charge in [-0.25, -0.2) is 5.01 Å². The number of rotatable bonds is 7. The topological polar surface area (TPSA) is 48.5 Å². The van der Waals surface area contributed by atoms with Crippen molar-refractivity contribution in [3.05, 3.63) is 77.8 Å². The second kappa shape index (κ2) is 9.68. The lowest BCUT2D eigenvalue weighted by Gasteiger charge is -2.47. The van der Waals surface area contributed by atoms with Crippen LogP contribution in [0.3, 0.4) is 0 Å². The largest absolute Gasteiger partial charge is 0.493 e. The molecule has 2 aromatic rings. The summed E-state index contributed by atoms with van der Waals surface area (Å²) >= 11 is 0. The summed E-state index contributed by atoms with van der Waals surface area (Å²) in [6.07, 6.45) is 0.687. The molecule has 33 heavy (non-hydrogen) atoms. The molecule has 2 heterocycles. The van der Waals surface area contributed by atoms with E-state index in [2.05, 4.69) is 34.5 Å². The van der Waals surface area contributed by atoms with Crippen molar-refractivity contribution < 1.29 is 14.3 Å². The molecule has 7 nitrogen and oxygen atoms in total. The van der Waals surface area contributed by atoms with Crippen molar-refractivity contribution in [1.82, 2.24) is 14.9 Å². The Kier molecular flexibility index (Phi) is 6.72. The van der Waals surface area contributed by atoms with Gasteiger partial charge < -0.3 is 9.47 Å². The van der Waals surface area contributed by atoms with Gasteiger partial charge in [0.1, 0.15) is 5.82 Å². The fourth-order valence-corrected chi connectivity index (χ4v) is 4.49. The molecule has 0 unspecified atom stereocenters. The minimum atomic E-state index is 0.0210. The number of benzene rings is 2. The van der Waals surface area contributed by atoms with Crippen LogP contribution in [0.2, 0.25) is 0 Å². The van der Waals surface area contributed by atoms with Gasteiger partial charge >= 0.3 is 0 Å². The van der Waals surface area contributed by atoms with E-state index >= 15 is 0 Å². The van der Waals surface area contributed by atoms with E-state index in [1.165, 1.54) is 0 Å². The number of anilines is 1. The third kappa shape index (κ3) is 4.34. The van der Waals surface area contributed by atoms with Crippen LogP contribution in [0.5, 0.6) is 11.5 Å². The molecule has 0 spiro atoms. The van der Waals surface area contributed by atoms with Crippen LogP contribution < -0.4 is 14.4 Å². The average molecular weight is 449 g/mol. The van der Waals surface area contributed by atoms with E-state index in [1.54, 1.807) is 19.1 Å². The Morgan fingerprint density at radius 3 is 2.45 bits per heavy atom. The van der Waals surface area contributed by atoms with E-state index in [1.807, 2.05) is 49.5 Å². The summed E-state index contributed by atoms with van der Waals surface area (Å²) in [5.41, 5.74) is 3.84. The highest BCUT2D eigenvalue weighted by Crippen LogP contribution is 2.36. The minimum absolute atomic E-state index is 0.0210. The van der Waals surface area contributed by atoms with Gasteiger partial charge in [-0.1, -0.05) is 37.8 Å². The van der Waals surface area contributed by atoms with Crippen LogP contribution in [-0.4, -0.2) is 61.7 Å². The summed E-state index contributed by atoms with van der Waals surface area (Å²) in [6.45, 7) is 9.44. The molecule has 7 heteroatoms. The fraction of sp³-hybridized carbons (Fsp3) is 0.346. The zero-order valence-electron chi connectivity index (χ0n) is 19.9.